The van der Waals surface area contributed by atoms with Crippen molar-refractivity contribution in [3.63, 3.8) is 0 Å². The molecule has 1 fully saturated rings. The topological polar surface area (TPSA) is 125 Å². The van der Waals surface area contributed by atoms with E-state index in [0.717, 1.165) is 5.56 Å². The van der Waals surface area contributed by atoms with Crippen molar-refractivity contribution in [3.8, 4) is 0 Å². The summed E-state index contributed by atoms with van der Waals surface area (Å²) in [5, 5.41) is 38.1. The Bertz CT molecular complexity index is 423. The predicted molar refractivity (Wildman–Crippen MR) is 69.4 cm³/mol. The Hall–Kier alpha value is -1.22. The first-order valence-corrected chi connectivity index (χ1v) is 6.29. The Morgan fingerprint density at radius 3 is 2.30 bits per heavy atom. The quantitative estimate of drug-likeness (QED) is 0.430. The van der Waals surface area contributed by atoms with E-state index in [2.05, 4.69) is 0 Å². The number of anilines is 1. The Kier molecular flexibility index (Phi) is 4.92. The normalized spacial score (nSPS) is 34.1. The molecule has 5 atom stereocenters. The number of rotatable bonds is 4. The smallest absolute Gasteiger partial charge is 0.187 e. The summed E-state index contributed by atoms with van der Waals surface area (Å²) in [5.41, 5.74) is 7.01. The number of nitrogen functional groups attached to an aromatic ring is 1. The minimum atomic E-state index is -1.43. The van der Waals surface area contributed by atoms with Crippen molar-refractivity contribution in [1.82, 2.24) is 0 Å². The van der Waals surface area contributed by atoms with Crippen LogP contribution in [0.3, 0.4) is 0 Å². The van der Waals surface area contributed by atoms with E-state index in [1.165, 1.54) is 0 Å². The number of aliphatic hydroxyl groups excluding tert-OH is 4. The van der Waals surface area contributed by atoms with Gasteiger partial charge < -0.3 is 35.6 Å². The lowest BCUT2D eigenvalue weighted by Gasteiger charge is -2.39. The Morgan fingerprint density at radius 2 is 1.70 bits per heavy atom. The molecule has 2 rings (SSSR count). The molecule has 0 unspecified atom stereocenters. The van der Waals surface area contributed by atoms with Crippen molar-refractivity contribution < 1.29 is 29.9 Å². The molecule has 1 heterocycles. The molecule has 112 valence electrons. The van der Waals surface area contributed by atoms with Crippen LogP contribution in [0.2, 0.25) is 0 Å². The number of ether oxygens (including phenoxy) is 2. The second-order valence-electron chi connectivity index (χ2n) is 4.75. The fourth-order valence-electron chi connectivity index (χ4n) is 2.00. The molecule has 1 aromatic carbocycles. The highest BCUT2D eigenvalue weighted by Crippen LogP contribution is 2.22. The Balaban J connectivity index is 1.95. The summed E-state index contributed by atoms with van der Waals surface area (Å²) in [6.07, 6.45) is -6.29. The zero-order valence-electron chi connectivity index (χ0n) is 10.8. The number of aliphatic hydroxyl groups is 4. The van der Waals surface area contributed by atoms with Crippen molar-refractivity contribution in [2.75, 3.05) is 12.3 Å². The Labute approximate surface area is 116 Å². The van der Waals surface area contributed by atoms with Crippen molar-refractivity contribution in [2.24, 2.45) is 0 Å². The SMILES string of the molecule is Nc1ccc(CO[C@H]2O[C@H](CO)[C@@H](O)[C@H](O)[C@H]2O)cc1. The first-order valence-electron chi connectivity index (χ1n) is 6.29. The molecule has 7 nitrogen and oxygen atoms in total. The maximum atomic E-state index is 9.78. The largest absolute Gasteiger partial charge is 0.399 e. The molecule has 0 amide bonds. The highest BCUT2D eigenvalue weighted by molar-refractivity contribution is 5.39. The van der Waals surface area contributed by atoms with Gasteiger partial charge in [0.05, 0.1) is 13.2 Å². The van der Waals surface area contributed by atoms with Crippen LogP contribution in [-0.2, 0) is 16.1 Å². The van der Waals surface area contributed by atoms with Gasteiger partial charge in [0.15, 0.2) is 6.29 Å². The summed E-state index contributed by atoms with van der Waals surface area (Å²) in [5.74, 6) is 0. The molecule has 0 bridgehead atoms. The van der Waals surface area contributed by atoms with Gasteiger partial charge in [0.1, 0.15) is 24.4 Å². The molecule has 1 saturated heterocycles. The fourth-order valence-corrected chi connectivity index (χ4v) is 2.00. The number of hydrogen-bond donors (Lipinski definition) is 5. The lowest BCUT2D eigenvalue weighted by Crippen LogP contribution is -2.59. The minimum absolute atomic E-state index is 0.142. The molecule has 0 spiro atoms. The molecule has 7 heteroatoms. The highest BCUT2D eigenvalue weighted by Gasteiger charge is 2.43. The average Bonchev–Trinajstić information content (AvgIpc) is 2.46. The third kappa shape index (κ3) is 3.26. The summed E-state index contributed by atoms with van der Waals surface area (Å²) in [6, 6.07) is 6.96. The zero-order valence-corrected chi connectivity index (χ0v) is 10.8. The van der Waals surface area contributed by atoms with E-state index in [-0.39, 0.29) is 6.61 Å². The van der Waals surface area contributed by atoms with Crippen LogP contribution in [0.1, 0.15) is 5.56 Å². The third-order valence-corrected chi connectivity index (χ3v) is 3.24. The van der Waals surface area contributed by atoms with Crippen molar-refractivity contribution in [3.05, 3.63) is 29.8 Å². The second kappa shape index (κ2) is 6.49. The summed E-state index contributed by atoms with van der Waals surface area (Å²) in [6.45, 7) is -0.338. The van der Waals surface area contributed by atoms with E-state index in [1.807, 2.05) is 0 Å². The second-order valence-corrected chi connectivity index (χ2v) is 4.75. The summed E-state index contributed by atoms with van der Waals surface area (Å²) >= 11 is 0. The maximum absolute atomic E-state index is 9.78. The van der Waals surface area contributed by atoms with Crippen molar-refractivity contribution in [1.29, 1.82) is 0 Å². The molecule has 0 saturated carbocycles. The molecular formula is C13H19NO6. The molecule has 0 radical (unpaired) electrons. The van der Waals surface area contributed by atoms with E-state index in [1.54, 1.807) is 24.3 Å². The molecule has 20 heavy (non-hydrogen) atoms. The van der Waals surface area contributed by atoms with Crippen LogP contribution in [0, 0.1) is 0 Å². The predicted octanol–water partition coefficient (Wildman–Crippen LogP) is -1.41. The van der Waals surface area contributed by atoms with Gasteiger partial charge in [-0.3, -0.25) is 0 Å². The monoisotopic (exact) mass is 285 g/mol. The van der Waals surface area contributed by atoms with Crippen LogP contribution in [0.15, 0.2) is 24.3 Å². The maximum Gasteiger partial charge on any atom is 0.187 e. The molecule has 1 aliphatic heterocycles. The molecule has 1 aromatic rings. The van der Waals surface area contributed by atoms with Crippen molar-refractivity contribution >= 4 is 5.69 Å². The average molecular weight is 285 g/mol. The van der Waals surface area contributed by atoms with Crippen molar-refractivity contribution in [2.45, 2.75) is 37.3 Å². The summed E-state index contributed by atoms with van der Waals surface area (Å²) in [7, 11) is 0. The van der Waals surface area contributed by atoms with E-state index >= 15 is 0 Å². The van der Waals surface area contributed by atoms with Gasteiger partial charge in [-0.1, -0.05) is 12.1 Å². The van der Waals surface area contributed by atoms with Gasteiger partial charge in [-0.25, -0.2) is 0 Å². The van der Waals surface area contributed by atoms with E-state index in [9.17, 15) is 15.3 Å². The van der Waals surface area contributed by atoms with Gasteiger partial charge in [0, 0.05) is 5.69 Å². The van der Waals surface area contributed by atoms with E-state index < -0.39 is 37.3 Å². The van der Waals surface area contributed by atoms with Gasteiger partial charge in [-0.15, -0.1) is 0 Å². The van der Waals surface area contributed by atoms with Crippen LogP contribution in [0.4, 0.5) is 5.69 Å². The first-order chi connectivity index (χ1) is 9.52. The highest BCUT2D eigenvalue weighted by atomic mass is 16.7. The number of hydrogen-bond acceptors (Lipinski definition) is 7. The molecule has 1 aliphatic rings. The standard InChI is InChI=1S/C13H19NO6/c14-8-3-1-7(2-4-8)6-19-13-12(18)11(17)10(16)9(5-15)20-13/h1-4,9-13,15-18H,5-6,14H2/t9-,10-,11+,12-,13+/m1/s1. The van der Waals surface area contributed by atoms with Gasteiger partial charge in [0.2, 0.25) is 0 Å². The van der Waals surface area contributed by atoms with Crippen LogP contribution in [-0.4, -0.2) is 57.7 Å². The van der Waals surface area contributed by atoms with E-state index in [0.29, 0.717) is 5.69 Å². The number of nitrogens with two attached hydrogens (primary N) is 1. The lowest BCUT2D eigenvalue weighted by molar-refractivity contribution is -0.304. The Morgan fingerprint density at radius 1 is 1.05 bits per heavy atom. The van der Waals surface area contributed by atoms with Gasteiger partial charge >= 0.3 is 0 Å². The summed E-state index contributed by atoms with van der Waals surface area (Å²) in [4.78, 5) is 0. The third-order valence-electron chi connectivity index (χ3n) is 3.24. The zero-order chi connectivity index (χ0) is 14.7. The van der Waals surface area contributed by atoms with Gasteiger partial charge in [0.25, 0.3) is 0 Å². The fraction of sp³-hybridized carbons (Fsp3) is 0.538. The first kappa shape index (κ1) is 15.2. The van der Waals surface area contributed by atoms with Gasteiger partial charge in [-0.2, -0.15) is 0 Å². The van der Waals surface area contributed by atoms with Crippen LogP contribution in [0.25, 0.3) is 0 Å². The van der Waals surface area contributed by atoms with E-state index in [4.69, 9.17) is 20.3 Å². The van der Waals surface area contributed by atoms with Crippen LogP contribution < -0.4 is 5.73 Å². The molecule has 0 aromatic heterocycles. The summed E-state index contributed by atoms with van der Waals surface area (Å²) < 4.78 is 10.6. The lowest BCUT2D eigenvalue weighted by atomic mass is 9.99. The number of benzene rings is 1. The molecule has 6 N–H and O–H groups in total. The van der Waals surface area contributed by atoms with Crippen LogP contribution >= 0.6 is 0 Å². The molecule has 0 aliphatic carbocycles. The molecular weight excluding hydrogens is 266 g/mol. The van der Waals surface area contributed by atoms with Crippen LogP contribution in [0.5, 0.6) is 0 Å². The minimum Gasteiger partial charge on any atom is -0.399 e. The van der Waals surface area contributed by atoms with Gasteiger partial charge in [-0.05, 0) is 17.7 Å².